The van der Waals surface area contributed by atoms with Gasteiger partial charge in [-0.1, -0.05) is 20.8 Å². The predicted octanol–water partition coefficient (Wildman–Crippen LogP) is 6.01. The molecule has 45 heavy (non-hydrogen) atoms. The van der Waals surface area contributed by atoms with E-state index < -0.39 is 46.9 Å². The molecule has 1 aromatic carbocycles. The van der Waals surface area contributed by atoms with Crippen LogP contribution in [0.5, 0.6) is 11.5 Å². The number of ether oxygens (including phenoxy) is 3. The van der Waals surface area contributed by atoms with Gasteiger partial charge in [0.15, 0.2) is 5.13 Å². The van der Waals surface area contributed by atoms with E-state index in [4.69, 9.17) is 24.2 Å². The summed E-state index contributed by atoms with van der Waals surface area (Å²) >= 11 is 1.47. The summed E-state index contributed by atoms with van der Waals surface area (Å²) in [6.07, 6.45) is -0.694. The third-order valence-electron chi connectivity index (χ3n) is 7.42. The Kier molecular flexibility index (Phi) is 9.96. The maximum absolute atomic E-state index is 14.0. The minimum Gasteiger partial charge on any atom is -0.497 e. The first-order chi connectivity index (χ1) is 20.9. The molecule has 1 unspecified atom stereocenters. The smallest absolute Gasteiger partial charge is 0.326 e. The van der Waals surface area contributed by atoms with Crippen molar-refractivity contribution < 1.29 is 33.7 Å². The molecular formula is C33H44N4O7S. The van der Waals surface area contributed by atoms with Crippen molar-refractivity contribution in [2.75, 3.05) is 19.0 Å². The van der Waals surface area contributed by atoms with E-state index in [-0.39, 0.29) is 25.4 Å². The monoisotopic (exact) mass is 640 g/mol. The molecule has 244 valence electrons. The van der Waals surface area contributed by atoms with Gasteiger partial charge in [-0.2, -0.15) is 0 Å². The zero-order valence-corrected chi connectivity index (χ0v) is 28.3. The summed E-state index contributed by atoms with van der Waals surface area (Å²) in [5.74, 6) is -1.71. The number of aliphatic carboxylic acids is 1. The van der Waals surface area contributed by atoms with Gasteiger partial charge in [0.2, 0.25) is 5.91 Å². The average Bonchev–Trinajstić information content (AvgIpc) is 3.56. The van der Waals surface area contributed by atoms with Gasteiger partial charge in [-0.25, -0.2) is 14.8 Å². The molecule has 1 fully saturated rings. The number of amides is 1. The number of esters is 1. The molecule has 0 aliphatic carbocycles. The van der Waals surface area contributed by atoms with Crippen LogP contribution in [0, 0.1) is 11.3 Å². The molecule has 0 radical (unpaired) electrons. The Morgan fingerprint density at radius 3 is 2.40 bits per heavy atom. The Balaban J connectivity index is 1.65. The fourth-order valence-electron chi connectivity index (χ4n) is 5.29. The molecule has 1 aliphatic rings. The Hall–Kier alpha value is -3.93. The molecule has 3 atom stereocenters. The summed E-state index contributed by atoms with van der Waals surface area (Å²) < 4.78 is 17.4. The second-order valence-electron chi connectivity index (χ2n) is 13.8. The number of anilines is 1. The third kappa shape index (κ3) is 8.42. The Bertz CT molecular complexity index is 1560. The van der Waals surface area contributed by atoms with Gasteiger partial charge >= 0.3 is 11.9 Å². The van der Waals surface area contributed by atoms with Crippen molar-refractivity contribution in [3.05, 3.63) is 29.6 Å². The first-order valence-electron chi connectivity index (χ1n) is 15.1. The number of benzene rings is 1. The first kappa shape index (κ1) is 34.0. The summed E-state index contributed by atoms with van der Waals surface area (Å²) in [6.45, 7) is 15.0. The lowest BCUT2D eigenvalue weighted by Gasteiger charge is -2.34. The molecule has 0 spiro atoms. The normalized spacial score (nSPS) is 17.8. The third-order valence-corrected chi connectivity index (χ3v) is 8.19. The molecule has 2 N–H and O–H groups in total. The van der Waals surface area contributed by atoms with Gasteiger partial charge in [0.05, 0.1) is 37.2 Å². The van der Waals surface area contributed by atoms with Crippen LogP contribution < -0.4 is 14.8 Å². The number of carbonyl (C=O) groups excluding carboxylic acids is 2. The highest BCUT2D eigenvalue weighted by atomic mass is 32.1. The fraction of sp³-hybridized carbons (Fsp3) is 0.545. The van der Waals surface area contributed by atoms with Gasteiger partial charge in [0.1, 0.15) is 34.9 Å². The van der Waals surface area contributed by atoms with Crippen molar-refractivity contribution >= 4 is 45.2 Å². The highest BCUT2D eigenvalue weighted by Crippen LogP contribution is 2.37. The quantitative estimate of drug-likeness (QED) is 0.253. The molecular weight excluding hydrogens is 596 g/mol. The van der Waals surface area contributed by atoms with Crippen LogP contribution in [0.4, 0.5) is 5.13 Å². The van der Waals surface area contributed by atoms with E-state index in [2.05, 4.69) is 5.32 Å². The Morgan fingerprint density at radius 2 is 1.80 bits per heavy atom. The van der Waals surface area contributed by atoms with Crippen LogP contribution in [-0.4, -0.2) is 75.3 Å². The number of carboxylic acids is 1. The van der Waals surface area contributed by atoms with Crippen LogP contribution in [0.1, 0.15) is 68.2 Å². The van der Waals surface area contributed by atoms with E-state index in [0.717, 1.165) is 5.13 Å². The molecule has 11 nitrogen and oxygen atoms in total. The summed E-state index contributed by atoms with van der Waals surface area (Å²) in [5, 5.41) is 16.8. The van der Waals surface area contributed by atoms with Gasteiger partial charge in [-0.05, 0) is 52.2 Å². The summed E-state index contributed by atoms with van der Waals surface area (Å²) in [7, 11) is 1.58. The lowest BCUT2D eigenvalue weighted by Crippen LogP contribution is -2.47. The van der Waals surface area contributed by atoms with E-state index in [1.54, 1.807) is 46.1 Å². The molecule has 1 amide bonds. The fourth-order valence-corrected chi connectivity index (χ4v) is 6.14. The van der Waals surface area contributed by atoms with Crippen LogP contribution in [-0.2, 0) is 19.1 Å². The summed E-state index contributed by atoms with van der Waals surface area (Å²) in [6, 6.07) is 6.36. The van der Waals surface area contributed by atoms with Gasteiger partial charge in [0, 0.05) is 35.4 Å². The molecule has 3 aromatic rings. The first-order valence-corrected chi connectivity index (χ1v) is 16.0. The number of nitrogens with zero attached hydrogens (tertiary/aromatic N) is 3. The molecule has 1 aliphatic heterocycles. The number of aromatic nitrogens is 2. The number of thiazole rings is 1. The number of rotatable bonds is 10. The summed E-state index contributed by atoms with van der Waals surface area (Å²) in [4.78, 5) is 50.0. The maximum atomic E-state index is 14.0. The zero-order chi connectivity index (χ0) is 33.3. The standard InChI is InChI=1S/C33H44N4O7S/c1-18(2)34-31-36-25(17-45-31)24-15-27(21-11-10-19(42-9)12-23(21)35-24)43-20-13-26(30(40)41)37(16-20)29(39)22(32(3,4)5)14-28(38)44-33(6,7)8/h10-12,15,17-18,20,22,26H,13-14,16H2,1-9H3,(H,34,36)(H,40,41)/t20?,22-,26+/m1/s1. The largest absolute Gasteiger partial charge is 0.497 e. The molecule has 0 saturated carbocycles. The van der Waals surface area contributed by atoms with E-state index in [1.807, 2.05) is 46.1 Å². The second kappa shape index (κ2) is 13.2. The van der Waals surface area contributed by atoms with Gasteiger partial charge in [-0.15, -0.1) is 11.3 Å². The minimum absolute atomic E-state index is 0.0468. The summed E-state index contributed by atoms with van der Waals surface area (Å²) in [5.41, 5.74) is 0.547. The van der Waals surface area contributed by atoms with E-state index in [0.29, 0.717) is 33.8 Å². The maximum Gasteiger partial charge on any atom is 0.326 e. The number of fused-ring (bicyclic) bond motifs is 1. The molecule has 0 bridgehead atoms. The highest BCUT2D eigenvalue weighted by Gasteiger charge is 2.46. The van der Waals surface area contributed by atoms with Gasteiger partial charge < -0.3 is 29.5 Å². The number of likely N-dealkylation sites (tertiary alicyclic amines) is 1. The Morgan fingerprint density at radius 1 is 1.09 bits per heavy atom. The van der Waals surface area contributed by atoms with E-state index in [1.165, 1.54) is 16.2 Å². The van der Waals surface area contributed by atoms with Crippen molar-refractivity contribution in [2.24, 2.45) is 11.3 Å². The molecule has 2 aromatic heterocycles. The number of hydrogen-bond donors (Lipinski definition) is 2. The van der Waals surface area contributed by atoms with Crippen LogP contribution in [0.3, 0.4) is 0 Å². The minimum atomic E-state index is -1.13. The van der Waals surface area contributed by atoms with E-state index in [9.17, 15) is 19.5 Å². The number of carboxylic acid groups (broad SMARTS) is 1. The molecule has 4 rings (SSSR count). The Labute approximate surface area is 268 Å². The zero-order valence-electron chi connectivity index (χ0n) is 27.5. The van der Waals surface area contributed by atoms with Crippen molar-refractivity contribution in [1.82, 2.24) is 14.9 Å². The van der Waals surface area contributed by atoms with Crippen LogP contribution in [0.2, 0.25) is 0 Å². The van der Waals surface area contributed by atoms with Crippen molar-refractivity contribution in [1.29, 1.82) is 0 Å². The van der Waals surface area contributed by atoms with Gasteiger partial charge in [0.25, 0.3) is 0 Å². The lowest BCUT2D eigenvalue weighted by atomic mass is 9.77. The lowest BCUT2D eigenvalue weighted by molar-refractivity contribution is -0.161. The number of pyridine rings is 1. The van der Waals surface area contributed by atoms with Crippen molar-refractivity contribution in [3.63, 3.8) is 0 Å². The number of carbonyl (C=O) groups is 3. The molecule has 12 heteroatoms. The van der Waals surface area contributed by atoms with Crippen molar-refractivity contribution in [3.8, 4) is 22.9 Å². The van der Waals surface area contributed by atoms with E-state index >= 15 is 0 Å². The molecule has 3 heterocycles. The average molecular weight is 641 g/mol. The second-order valence-corrected chi connectivity index (χ2v) is 14.6. The number of methoxy groups -OCH3 is 1. The molecule has 1 saturated heterocycles. The predicted molar refractivity (Wildman–Crippen MR) is 174 cm³/mol. The van der Waals surface area contributed by atoms with Crippen LogP contribution >= 0.6 is 11.3 Å². The number of nitrogens with one attached hydrogen (secondary N) is 1. The highest BCUT2D eigenvalue weighted by molar-refractivity contribution is 7.14. The van der Waals surface area contributed by atoms with Crippen LogP contribution in [0.25, 0.3) is 22.3 Å². The SMILES string of the molecule is COc1ccc2c(OC3C[C@@H](C(=O)O)N(C(=O)[C@@H](CC(=O)OC(C)(C)C)C(C)(C)C)C3)cc(-c3csc(NC(C)C)n3)nc2c1. The van der Waals surface area contributed by atoms with Crippen molar-refractivity contribution in [2.45, 2.75) is 92.0 Å². The van der Waals surface area contributed by atoms with Gasteiger partial charge in [-0.3, -0.25) is 9.59 Å². The number of hydrogen-bond acceptors (Lipinski definition) is 10. The topological polar surface area (TPSA) is 140 Å². The van der Waals surface area contributed by atoms with Crippen LogP contribution in [0.15, 0.2) is 29.6 Å².